The van der Waals surface area contributed by atoms with Gasteiger partial charge in [-0.25, -0.2) is 0 Å². The normalized spacial score (nSPS) is 26.8. The summed E-state index contributed by atoms with van der Waals surface area (Å²) in [6.45, 7) is 4.93. The van der Waals surface area contributed by atoms with Crippen molar-refractivity contribution in [3.8, 4) is 0 Å². The number of nitrogens with one attached hydrogen (secondary N) is 2. The monoisotopic (exact) mass is 240 g/mol. The van der Waals surface area contributed by atoms with Gasteiger partial charge < -0.3 is 10.6 Å². The van der Waals surface area contributed by atoms with E-state index < -0.39 is 0 Å². The third-order valence-corrected chi connectivity index (χ3v) is 4.01. The number of ketones is 1. The zero-order valence-corrected chi connectivity index (χ0v) is 11.6. The summed E-state index contributed by atoms with van der Waals surface area (Å²) in [6.07, 6.45) is 6.76. The van der Waals surface area contributed by atoms with Crippen LogP contribution in [0.1, 0.15) is 52.4 Å². The number of hydrogen-bond acceptors (Lipinski definition) is 3. The third-order valence-electron chi connectivity index (χ3n) is 4.01. The van der Waals surface area contributed by atoms with E-state index in [0.717, 1.165) is 18.9 Å². The lowest BCUT2D eigenvalue weighted by atomic mass is 9.81. The largest absolute Gasteiger partial charge is 0.317 e. The van der Waals surface area contributed by atoms with Crippen LogP contribution in [0.3, 0.4) is 0 Å². The Bertz CT molecular complexity index is 222. The molecular formula is C14H28N2O. The van der Waals surface area contributed by atoms with Crippen molar-refractivity contribution in [2.45, 2.75) is 64.5 Å². The molecule has 1 rings (SSSR count). The van der Waals surface area contributed by atoms with Gasteiger partial charge in [-0.05, 0) is 51.6 Å². The van der Waals surface area contributed by atoms with Crippen LogP contribution in [0.4, 0.5) is 0 Å². The Morgan fingerprint density at radius 1 is 1.24 bits per heavy atom. The minimum absolute atomic E-state index is 0.0983. The molecule has 2 N–H and O–H groups in total. The van der Waals surface area contributed by atoms with E-state index in [1.165, 1.54) is 25.7 Å². The first-order valence-corrected chi connectivity index (χ1v) is 7.14. The molecule has 1 saturated carbocycles. The van der Waals surface area contributed by atoms with Crippen molar-refractivity contribution in [2.24, 2.45) is 5.92 Å². The molecule has 1 aliphatic carbocycles. The van der Waals surface area contributed by atoms with Crippen molar-refractivity contribution >= 4 is 5.78 Å². The molecule has 0 spiro atoms. The van der Waals surface area contributed by atoms with E-state index in [0.29, 0.717) is 18.2 Å². The predicted molar refractivity (Wildman–Crippen MR) is 72.2 cm³/mol. The summed E-state index contributed by atoms with van der Waals surface area (Å²) >= 11 is 0. The number of likely N-dealkylation sites (N-methyl/N-ethyl adjacent to an activating group) is 1. The second-order valence-electron chi connectivity index (χ2n) is 5.17. The van der Waals surface area contributed by atoms with E-state index in [1.54, 1.807) is 0 Å². The Morgan fingerprint density at radius 2 is 1.88 bits per heavy atom. The fourth-order valence-electron chi connectivity index (χ4n) is 2.84. The van der Waals surface area contributed by atoms with Crippen LogP contribution in [-0.2, 0) is 4.79 Å². The van der Waals surface area contributed by atoms with Gasteiger partial charge in [0.25, 0.3) is 0 Å². The molecule has 0 saturated heterocycles. The molecule has 1 unspecified atom stereocenters. The first kappa shape index (κ1) is 14.7. The smallest absolute Gasteiger partial charge is 0.149 e. The van der Waals surface area contributed by atoms with Crippen LogP contribution in [0, 0.1) is 5.92 Å². The maximum atomic E-state index is 11.8. The highest BCUT2D eigenvalue weighted by Crippen LogP contribution is 2.28. The van der Waals surface area contributed by atoms with Gasteiger partial charge in [-0.15, -0.1) is 0 Å². The van der Waals surface area contributed by atoms with E-state index in [1.807, 2.05) is 14.0 Å². The van der Waals surface area contributed by atoms with Crippen molar-refractivity contribution in [2.75, 3.05) is 13.6 Å². The molecule has 0 aromatic carbocycles. The second-order valence-corrected chi connectivity index (χ2v) is 5.17. The Morgan fingerprint density at radius 3 is 2.35 bits per heavy atom. The summed E-state index contributed by atoms with van der Waals surface area (Å²) in [4.78, 5) is 11.8. The van der Waals surface area contributed by atoms with Crippen LogP contribution in [0.15, 0.2) is 0 Å². The van der Waals surface area contributed by atoms with Gasteiger partial charge in [-0.1, -0.05) is 13.8 Å². The van der Waals surface area contributed by atoms with Gasteiger partial charge in [-0.3, -0.25) is 4.79 Å². The Kier molecular flexibility index (Phi) is 6.75. The lowest BCUT2D eigenvalue weighted by Gasteiger charge is -2.30. The maximum Gasteiger partial charge on any atom is 0.149 e. The van der Waals surface area contributed by atoms with Crippen LogP contribution in [-0.4, -0.2) is 31.5 Å². The molecule has 0 aromatic heterocycles. The van der Waals surface area contributed by atoms with Crippen LogP contribution >= 0.6 is 0 Å². The molecule has 0 bridgehead atoms. The quantitative estimate of drug-likeness (QED) is 0.716. The molecule has 17 heavy (non-hydrogen) atoms. The van der Waals surface area contributed by atoms with Gasteiger partial charge in [0, 0.05) is 12.5 Å². The van der Waals surface area contributed by atoms with Gasteiger partial charge in [0.05, 0.1) is 6.04 Å². The lowest BCUT2D eigenvalue weighted by Crippen LogP contribution is -2.39. The van der Waals surface area contributed by atoms with E-state index in [2.05, 4.69) is 17.6 Å². The molecule has 0 radical (unpaired) electrons. The van der Waals surface area contributed by atoms with E-state index in [-0.39, 0.29) is 6.04 Å². The van der Waals surface area contributed by atoms with Gasteiger partial charge in [0.1, 0.15) is 5.78 Å². The second kappa shape index (κ2) is 7.83. The highest BCUT2D eigenvalue weighted by atomic mass is 16.1. The maximum absolute atomic E-state index is 11.8. The predicted octanol–water partition coefficient (Wildman–Crippen LogP) is 2.11. The average molecular weight is 240 g/mol. The molecule has 1 aliphatic rings. The van der Waals surface area contributed by atoms with Crippen molar-refractivity contribution in [1.29, 1.82) is 0 Å². The molecule has 3 nitrogen and oxygen atoms in total. The van der Waals surface area contributed by atoms with Gasteiger partial charge in [0.2, 0.25) is 0 Å². The highest BCUT2D eigenvalue weighted by molar-refractivity contribution is 5.83. The van der Waals surface area contributed by atoms with Gasteiger partial charge in [-0.2, -0.15) is 0 Å². The summed E-state index contributed by atoms with van der Waals surface area (Å²) in [7, 11) is 2.05. The van der Waals surface area contributed by atoms with Gasteiger partial charge in [0.15, 0.2) is 0 Å². The average Bonchev–Trinajstić information content (AvgIpc) is 2.38. The summed E-state index contributed by atoms with van der Waals surface area (Å²) in [5.74, 6) is 1.11. The van der Waals surface area contributed by atoms with Crippen LogP contribution in [0.2, 0.25) is 0 Å². The number of rotatable bonds is 7. The van der Waals surface area contributed by atoms with Crippen LogP contribution < -0.4 is 10.6 Å². The molecule has 0 amide bonds. The summed E-state index contributed by atoms with van der Waals surface area (Å²) in [6, 6.07) is 0.798. The fraction of sp³-hybridized carbons (Fsp3) is 0.929. The van der Waals surface area contributed by atoms with Crippen molar-refractivity contribution in [3.63, 3.8) is 0 Å². The zero-order chi connectivity index (χ0) is 12.7. The zero-order valence-electron chi connectivity index (χ0n) is 11.6. The Labute approximate surface area is 106 Å². The number of Topliss-reactive ketones (excluding diaryl/α,β-unsaturated/α-hetero) is 1. The fourth-order valence-corrected chi connectivity index (χ4v) is 2.84. The molecule has 0 aliphatic heterocycles. The molecule has 0 heterocycles. The number of hydrogen-bond donors (Lipinski definition) is 2. The first-order chi connectivity index (χ1) is 8.21. The minimum atomic E-state index is 0.0983. The first-order valence-electron chi connectivity index (χ1n) is 7.14. The molecular weight excluding hydrogens is 212 g/mol. The van der Waals surface area contributed by atoms with E-state index in [9.17, 15) is 4.79 Å². The molecule has 100 valence electrons. The standard InChI is InChI=1S/C14H28N2O/c1-4-14(17)13(16-5-2)10-11-6-8-12(15-3)9-7-11/h11-13,15-16H,4-10H2,1-3H3. The summed E-state index contributed by atoms with van der Waals surface area (Å²) in [5, 5.41) is 6.69. The molecule has 1 atom stereocenters. The Balaban J connectivity index is 2.37. The molecule has 0 aromatic rings. The van der Waals surface area contributed by atoms with Gasteiger partial charge >= 0.3 is 0 Å². The van der Waals surface area contributed by atoms with E-state index in [4.69, 9.17) is 0 Å². The molecule has 3 heteroatoms. The third kappa shape index (κ3) is 4.76. The van der Waals surface area contributed by atoms with Crippen molar-refractivity contribution < 1.29 is 4.79 Å². The van der Waals surface area contributed by atoms with Crippen molar-refractivity contribution in [3.05, 3.63) is 0 Å². The van der Waals surface area contributed by atoms with Crippen LogP contribution in [0.25, 0.3) is 0 Å². The van der Waals surface area contributed by atoms with Crippen molar-refractivity contribution in [1.82, 2.24) is 10.6 Å². The minimum Gasteiger partial charge on any atom is -0.317 e. The summed E-state index contributed by atoms with van der Waals surface area (Å²) < 4.78 is 0. The summed E-state index contributed by atoms with van der Waals surface area (Å²) in [5.41, 5.74) is 0. The van der Waals surface area contributed by atoms with E-state index >= 15 is 0 Å². The Hall–Kier alpha value is -0.410. The molecule has 1 fully saturated rings. The topological polar surface area (TPSA) is 41.1 Å². The number of carbonyl (C=O) groups is 1. The van der Waals surface area contributed by atoms with Crippen LogP contribution in [0.5, 0.6) is 0 Å². The lowest BCUT2D eigenvalue weighted by molar-refractivity contribution is -0.121. The SMILES string of the molecule is CCNC(CC1CCC(NC)CC1)C(=O)CC. The number of carbonyl (C=O) groups excluding carboxylic acids is 1. The highest BCUT2D eigenvalue weighted by Gasteiger charge is 2.25.